The van der Waals surface area contributed by atoms with Crippen molar-refractivity contribution < 1.29 is 9.59 Å². The van der Waals surface area contributed by atoms with Crippen molar-refractivity contribution in [2.75, 3.05) is 5.32 Å². The van der Waals surface area contributed by atoms with Crippen LogP contribution in [0.4, 0.5) is 5.69 Å². The Balaban J connectivity index is 1.77. The number of nitrogens with one attached hydrogen (secondary N) is 1. The third-order valence-electron chi connectivity index (χ3n) is 5.62. The summed E-state index contributed by atoms with van der Waals surface area (Å²) in [5.74, 6) is -0.643. The summed E-state index contributed by atoms with van der Waals surface area (Å²) >= 11 is 5.98. The van der Waals surface area contributed by atoms with E-state index < -0.39 is 0 Å². The number of aryl methyl sites for hydroxylation is 3. The number of para-hydroxylation sites is 1. The number of nitrogens with zero attached hydrogens (tertiary/aromatic N) is 1. The van der Waals surface area contributed by atoms with E-state index in [0.29, 0.717) is 16.3 Å². The number of hydrogen-bond acceptors (Lipinski definition) is 3. The van der Waals surface area contributed by atoms with Crippen molar-refractivity contribution in [3.8, 4) is 0 Å². The van der Waals surface area contributed by atoms with Crippen LogP contribution < -0.4 is 5.32 Å². The van der Waals surface area contributed by atoms with E-state index in [1.54, 1.807) is 12.1 Å². The molecule has 0 unspecified atom stereocenters. The molecule has 1 heterocycles. The van der Waals surface area contributed by atoms with E-state index in [9.17, 15) is 9.59 Å². The quantitative estimate of drug-likeness (QED) is 0.531. The Morgan fingerprint density at radius 2 is 1.52 bits per heavy atom. The largest absolute Gasteiger partial charge is 0.350 e. The highest BCUT2D eigenvalue weighted by Crippen LogP contribution is 2.33. The lowest BCUT2D eigenvalue weighted by Gasteiger charge is -2.16. The van der Waals surface area contributed by atoms with Crippen LogP contribution in [0.1, 0.15) is 27.8 Å². The molecule has 1 aliphatic heterocycles. The van der Waals surface area contributed by atoms with Crippen molar-refractivity contribution in [3.05, 3.63) is 105 Å². The average Bonchev–Trinajstić information content (AvgIpc) is 2.97. The lowest BCUT2D eigenvalue weighted by Crippen LogP contribution is -2.32. The summed E-state index contributed by atoms with van der Waals surface area (Å²) in [4.78, 5) is 28.1. The van der Waals surface area contributed by atoms with Gasteiger partial charge >= 0.3 is 0 Å². The second-order valence-corrected chi connectivity index (χ2v) is 8.25. The van der Waals surface area contributed by atoms with Gasteiger partial charge in [-0.15, -0.1) is 0 Å². The molecule has 4 rings (SSSR count). The van der Waals surface area contributed by atoms with Gasteiger partial charge in [-0.05, 0) is 66.8 Å². The minimum Gasteiger partial charge on any atom is -0.350 e. The summed E-state index contributed by atoms with van der Waals surface area (Å²) in [5, 5.41) is 3.85. The molecule has 5 heteroatoms. The second-order valence-electron chi connectivity index (χ2n) is 7.81. The van der Waals surface area contributed by atoms with Crippen LogP contribution in [-0.4, -0.2) is 16.7 Å². The molecule has 3 aromatic carbocycles. The van der Waals surface area contributed by atoms with Crippen LogP contribution in [0.15, 0.2) is 72.4 Å². The zero-order valence-electron chi connectivity index (χ0n) is 17.7. The van der Waals surface area contributed by atoms with Crippen LogP contribution in [0, 0.1) is 20.8 Å². The second kappa shape index (κ2) is 8.40. The molecular weight excluding hydrogens is 408 g/mol. The fourth-order valence-electron chi connectivity index (χ4n) is 3.62. The zero-order chi connectivity index (χ0) is 22.1. The monoisotopic (exact) mass is 430 g/mol. The van der Waals surface area contributed by atoms with Gasteiger partial charge in [0.05, 0.1) is 12.1 Å². The lowest BCUT2D eigenvalue weighted by molar-refractivity contribution is -0.137. The highest BCUT2D eigenvalue weighted by Gasteiger charge is 2.39. The van der Waals surface area contributed by atoms with Crippen LogP contribution in [-0.2, 0) is 16.1 Å². The van der Waals surface area contributed by atoms with Gasteiger partial charge < -0.3 is 5.32 Å². The third kappa shape index (κ3) is 4.12. The molecule has 0 fully saturated rings. The molecule has 1 aliphatic rings. The molecule has 0 saturated carbocycles. The normalized spacial score (nSPS) is 13.9. The third-order valence-corrected chi connectivity index (χ3v) is 5.87. The maximum atomic E-state index is 13.5. The van der Waals surface area contributed by atoms with Crippen LogP contribution in [0.25, 0.3) is 5.57 Å². The van der Waals surface area contributed by atoms with Crippen molar-refractivity contribution >= 4 is 34.7 Å². The molecule has 0 radical (unpaired) electrons. The van der Waals surface area contributed by atoms with E-state index in [1.807, 2.05) is 75.4 Å². The first-order valence-electron chi connectivity index (χ1n) is 10.1. The Morgan fingerprint density at radius 3 is 2.19 bits per heavy atom. The van der Waals surface area contributed by atoms with E-state index in [4.69, 9.17) is 11.6 Å². The molecule has 156 valence electrons. The predicted octanol–water partition coefficient (Wildman–Crippen LogP) is 5.66. The number of imide groups is 1. The number of anilines is 1. The van der Waals surface area contributed by atoms with Gasteiger partial charge in [-0.3, -0.25) is 14.5 Å². The zero-order valence-corrected chi connectivity index (χ0v) is 18.5. The Hall–Kier alpha value is -3.37. The van der Waals surface area contributed by atoms with Crippen molar-refractivity contribution in [3.63, 3.8) is 0 Å². The molecule has 2 amide bonds. The highest BCUT2D eigenvalue weighted by atomic mass is 35.5. The molecule has 0 aliphatic carbocycles. The number of rotatable bonds is 5. The van der Waals surface area contributed by atoms with Gasteiger partial charge in [0.25, 0.3) is 11.8 Å². The number of halogens is 1. The lowest BCUT2D eigenvalue weighted by atomic mass is 9.99. The molecule has 1 N–H and O–H groups in total. The Kier molecular flexibility index (Phi) is 5.66. The number of hydrogen-bond donors (Lipinski definition) is 1. The van der Waals surface area contributed by atoms with Crippen LogP contribution in [0.5, 0.6) is 0 Å². The molecular formula is C26H23ClN2O2. The van der Waals surface area contributed by atoms with Gasteiger partial charge in [0.15, 0.2) is 0 Å². The SMILES string of the molecule is Cc1ccc(C2=C(Nc3ccccc3C)C(=O)N(Cc3ccc(Cl)cc3)C2=O)cc1C. The first-order valence-corrected chi connectivity index (χ1v) is 10.5. The van der Waals surface area contributed by atoms with Gasteiger partial charge in [-0.25, -0.2) is 0 Å². The Morgan fingerprint density at radius 1 is 0.806 bits per heavy atom. The van der Waals surface area contributed by atoms with E-state index >= 15 is 0 Å². The van der Waals surface area contributed by atoms with Crippen LogP contribution in [0.2, 0.25) is 5.02 Å². The van der Waals surface area contributed by atoms with Crippen molar-refractivity contribution in [1.29, 1.82) is 0 Å². The molecule has 0 bridgehead atoms. The summed E-state index contributed by atoms with van der Waals surface area (Å²) in [5.41, 5.74) is 6.25. The fraction of sp³-hybridized carbons (Fsp3) is 0.154. The highest BCUT2D eigenvalue weighted by molar-refractivity contribution is 6.36. The first-order chi connectivity index (χ1) is 14.8. The van der Waals surface area contributed by atoms with Gasteiger partial charge in [-0.1, -0.05) is 60.1 Å². The maximum absolute atomic E-state index is 13.5. The Bertz CT molecular complexity index is 1210. The van der Waals surface area contributed by atoms with Crippen molar-refractivity contribution in [2.45, 2.75) is 27.3 Å². The minimum atomic E-state index is -0.337. The smallest absolute Gasteiger partial charge is 0.278 e. The molecule has 0 aromatic heterocycles. The van der Waals surface area contributed by atoms with Gasteiger partial charge in [0.2, 0.25) is 0 Å². The predicted molar refractivity (Wildman–Crippen MR) is 125 cm³/mol. The van der Waals surface area contributed by atoms with Gasteiger partial charge in [-0.2, -0.15) is 0 Å². The van der Waals surface area contributed by atoms with Crippen LogP contribution in [0.3, 0.4) is 0 Å². The Labute approximate surface area is 187 Å². The molecule has 4 nitrogen and oxygen atoms in total. The summed E-state index contributed by atoms with van der Waals surface area (Å²) in [6.07, 6.45) is 0. The number of amides is 2. The van der Waals surface area contributed by atoms with E-state index in [-0.39, 0.29) is 18.4 Å². The number of benzene rings is 3. The topological polar surface area (TPSA) is 49.4 Å². The maximum Gasteiger partial charge on any atom is 0.278 e. The van der Waals surface area contributed by atoms with E-state index in [0.717, 1.165) is 33.5 Å². The standard InChI is InChI=1S/C26H23ClN2O2/c1-16-8-11-20(14-18(16)3)23-24(28-22-7-5-4-6-17(22)2)26(31)29(25(23)30)15-19-9-12-21(27)13-10-19/h4-14,28H,15H2,1-3H3. The first kappa shape index (κ1) is 20.9. The van der Waals surface area contributed by atoms with E-state index in [2.05, 4.69) is 5.32 Å². The summed E-state index contributed by atoms with van der Waals surface area (Å²) in [6, 6.07) is 20.7. The van der Waals surface area contributed by atoms with E-state index in [1.165, 1.54) is 4.90 Å². The average molecular weight is 431 g/mol. The summed E-state index contributed by atoms with van der Waals surface area (Å²) in [7, 11) is 0. The van der Waals surface area contributed by atoms with Crippen molar-refractivity contribution in [2.24, 2.45) is 0 Å². The minimum absolute atomic E-state index is 0.183. The van der Waals surface area contributed by atoms with Gasteiger partial charge in [0.1, 0.15) is 5.70 Å². The number of carbonyl (C=O) groups is 2. The molecule has 0 saturated heterocycles. The molecule has 3 aromatic rings. The number of carbonyl (C=O) groups excluding carboxylic acids is 2. The molecule has 0 atom stereocenters. The molecule has 31 heavy (non-hydrogen) atoms. The van der Waals surface area contributed by atoms with Crippen molar-refractivity contribution in [1.82, 2.24) is 4.90 Å². The summed E-state index contributed by atoms with van der Waals surface area (Å²) < 4.78 is 0. The van der Waals surface area contributed by atoms with Crippen LogP contribution >= 0.6 is 11.6 Å². The van der Waals surface area contributed by atoms with Gasteiger partial charge in [0, 0.05) is 10.7 Å². The fourth-order valence-corrected chi connectivity index (χ4v) is 3.75. The molecule has 0 spiro atoms. The summed E-state index contributed by atoms with van der Waals surface area (Å²) in [6.45, 7) is 6.17.